The minimum Gasteiger partial charge on any atom is -0.438 e. The summed E-state index contributed by atoms with van der Waals surface area (Å²) in [6.45, 7) is 0. The molecule has 1 amide bonds. The Morgan fingerprint density at radius 1 is 1.03 bits per heavy atom. The average Bonchev–Trinajstić information content (AvgIpc) is 3.27. The van der Waals surface area contributed by atoms with Crippen LogP contribution >= 0.6 is 11.6 Å². The number of benzene rings is 2. The van der Waals surface area contributed by atoms with Gasteiger partial charge in [-0.15, -0.1) is 10.2 Å². The maximum atomic E-state index is 12.2. The number of hydrogen-bond donors (Lipinski definition) is 1. The molecule has 0 aliphatic carbocycles. The van der Waals surface area contributed by atoms with Crippen LogP contribution < -0.4 is 10.1 Å². The maximum absolute atomic E-state index is 12.2. The van der Waals surface area contributed by atoms with E-state index in [1.54, 1.807) is 65.8 Å². The van der Waals surface area contributed by atoms with E-state index in [0.29, 0.717) is 28.2 Å². The average molecular weight is 406 g/mol. The van der Waals surface area contributed by atoms with Crippen molar-refractivity contribution >= 4 is 23.2 Å². The molecule has 0 spiro atoms. The van der Waals surface area contributed by atoms with Gasteiger partial charge in [-0.05, 0) is 42.0 Å². The predicted octanol–water partition coefficient (Wildman–Crippen LogP) is 4.29. The number of halogens is 1. The number of aromatic nitrogens is 4. The highest BCUT2D eigenvalue weighted by Crippen LogP contribution is 2.22. The maximum Gasteiger partial charge on any atom is 0.238 e. The first-order valence-corrected chi connectivity index (χ1v) is 9.18. The van der Waals surface area contributed by atoms with Gasteiger partial charge < -0.3 is 10.1 Å². The second-order valence-electron chi connectivity index (χ2n) is 6.14. The summed E-state index contributed by atoms with van der Waals surface area (Å²) in [5, 5.41) is 11.6. The highest BCUT2D eigenvalue weighted by Gasteiger charge is 2.08. The highest BCUT2D eigenvalue weighted by atomic mass is 35.5. The number of carbonyl (C=O) groups is 1. The Hall–Kier alpha value is -3.71. The summed E-state index contributed by atoms with van der Waals surface area (Å²) in [5.41, 5.74) is 1.44. The van der Waals surface area contributed by atoms with Crippen LogP contribution in [0.2, 0.25) is 5.02 Å². The number of rotatable bonds is 6. The Morgan fingerprint density at radius 3 is 2.55 bits per heavy atom. The SMILES string of the molecule is O=C(Cc1ccccc1Cl)Nc1ccc(Oc2ccc(-n3ccnc3)nn2)cc1. The Balaban J connectivity index is 1.35. The van der Waals surface area contributed by atoms with Gasteiger partial charge in [-0.2, -0.15) is 0 Å². The van der Waals surface area contributed by atoms with Crippen LogP contribution in [-0.4, -0.2) is 25.7 Å². The molecule has 0 bridgehead atoms. The van der Waals surface area contributed by atoms with Crippen LogP contribution in [0.1, 0.15) is 5.56 Å². The van der Waals surface area contributed by atoms with E-state index >= 15 is 0 Å². The van der Waals surface area contributed by atoms with Gasteiger partial charge in [0.05, 0.1) is 6.42 Å². The fraction of sp³-hybridized carbons (Fsp3) is 0.0476. The van der Waals surface area contributed by atoms with Gasteiger partial charge in [-0.1, -0.05) is 29.8 Å². The lowest BCUT2D eigenvalue weighted by Crippen LogP contribution is -2.14. The topological polar surface area (TPSA) is 81.9 Å². The predicted molar refractivity (Wildman–Crippen MR) is 109 cm³/mol. The number of anilines is 1. The van der Waals surface area contributed by atoms with Crippen molar-refractivity contribution in [2.24, 2.45) is 0 Å². The largest absolute Gasteiger partial charge is 0.438 e. The quantitative estimate of drug-likeness (QED) is 0.517. The zero-order valence-electron chi connectivity index (χ0n) is 15.2. The van der Waals surface area contributed by atoms with E-state index < -0.39 is 0 Å². The van der Waals surface area contributed by atoms with Crippen molar-refractivity contribution in [3.05, 3.63) is 90.0 Å². The van der Waals surface area contributed by atoms with E-state index in [1.807, 2.05) is 18.2 Å². The van der Waals surface area contributed by atoms with Crippen LogP contribution in [0.25, 0.3) is 5.82 Å². The molecular weight excluding hydrogens is 390 g/mol. The first-order valence-electron chi connectivity index (χ1n) is 8.80. The standard InChI is InChI=1S/C21H16ClN5O2/c22-18-4-2-1-3-15(18)13-20(28)24-16-5-7-17(8-6-16)29-21-10-9-19(25-26-21)27-12-11-23-14-27/h1-12,14H,13H2,(H,24,28). The van der Waals surface area contributed by atoms with Gasteiger partial charge in [0.1, 0.15) is 12.1 Å². The molecule has 4 rings (SSSR count). The molecule has 4 aromatic rings. The van der Waals surface area contributed by atoms with Gasteiger partial charge in [0.25, 0.3) is 0 Å². The van der Waals surface area contributed by atoms with Crippen molar-refractivity contribution in [3.63, 3.8) is 0 Å². The van der Waals surface area contributed by atoms with E-state index in [4.69, 9.17) is 16.3 Å². The summed E-state index contributed by atoms with van der Waals surface area (Å²) >= 11 is 6.10. The fourth-order valence-electron chi connectivity index (χ4n) is 2.65. The molecule has 0 unspecified atom stereocenters. The van der Waals surface area contributed by atoms with Crippen molar-refractivity contribution in [1.29, 1.82) is 0 Å². The third-order valence-corrected chi connectivity index (χ3v) is 4.43. The van der Waals surface area contributed by atoms with E-state index in [2.05, 4.69) is 20.5 Å². The third kappa shape index (κ3) is 4.77. The van der Waals surface area contributed by atoms with Crippen molar-refractivity contribution < 1.29 is 9.53 Å². The van der Waals surface area contributed by atoms with Crippen LogP contribution in [0.5, 0.6) is 11.6 Å². The van der Waals surface area contributed by atoms with Gasteiger partial charge in [0.15, 0.2) is 5.82 Å². The fourth-order valence-corrected chi connectivity index (χ4v) is 2.85. The van der Waals surface area contributed by atoms with Crippen LogP contribution in [0.15, 0.2) is 79.4 Å². The lowest BCUT2D eigenvalue weighted by molar-refractivity contribution is -0.115. The van der Waals surface area contributed by atoms with E-state index in [0.717, 1.165) is 5.56 Å². The van der Waals surface area contributed by atoms with Crippen molar-refractivity contribution in [2.75, 3.05) is 5.32 Å². The lowest BCUT2D eigenvalue weighted by Gasteiger charge is -2.08. The number of carbonyl (C=O) groups excluding carboxylic acids is 1. The number of nitrogens with one attached hydrogen (secondary N) is 1. The first kappa shape index (κ1) is 18.6. The summed E-state index contributed by atoms with van der Waals surface area (Å²) in [6.07, 6.45) is 5.30. The molecule has 29 heavy (non-hydrogen) atoms. The first-order chi connectivity index (χ1) is 14.2. The van der Waals surface area contributed by atoms with Crippen molar-refractivity contribution in [1.82, 2.24) is 19.7 Å². The molecule has 2 aromatic carbocycles. The van der Waals surface area contributed by atoms with Gasteiger partial charge in [-0.25, -0.2) is 4.98 Å². The molecule has 7 nitrogen and oxygen atoms in total. The molecular formula is C21H16ClN5O2. The Labute approximate surface area is 172 Å². The third-order valence-electron chi connectivity index (χ3n) is 4.06. The van der Waals surface area contributed by atoms with Crippen LogP contribution in [-0.2, 0) is 11.2 Å². The molecule has 0 atom stereocenters. The molecule has 0 saturated carbocycles. The molecule has 0 aliphatic rings. The Bertz CT molecular complexity index is 1100. The molecule has 0 aliphatic heterocycles. The van der Waals surface area contributed by atoms with E-state index in [9.17, 15) is 4.79 Å². The number of ether oxygens (including phenoxy) is 1. The van der Waals surface area contributed by atoms with Crippen molar-refractivity contribution in [3.8, 4) is 17.4 Å². The Kier molecular flexibility index (Phi) is 5.49. The normalized spacial score (nSPS) is 10.5. The molecule has 0 saturated heterocycles. The van der Waals surface area contributed by atoms with Crippen LogP contribution in [0.4, 0.5) is 5.69 Å². The van der Waals surface area contributed by atoms with E-state index in [1.165, 1.54) is 0 Å². The van der Waals surface area contributed by atoms with Crippen LogP contribution in [0.3, 0.4) is 0 Å². The summed E-state index contributed by atoms with van der Waals surface area (Å²) in [5.74, 6) is 1.45. The molecule has 2 aromatic heterocycles. The van der Waals surface area contributed by atoms with Crippen LogP contribution in [0, 0.1) is 0 Å². The minimum absolute atomic E-state index is 0.146. The van der Waals surface area contributed by atoms with Gasteiger partial charge in [0, 0.05) is 29.2 Å². The molecule has 0 radical (unpaired) electrons. The number of hydrogen-bond acceptors (Lipinski definition) is 5. The summed E-state index contributed by atoms with van der Waals surface area (Å²) in [4.78, 5) is 16.2. The molecule has 144 valence electrons. The molecule has 8 heteroatoms. The highest BCUT2D eigenvalue weighted by molar-refractivity contribution is 6.31. The Morgan fingerprint density at radius 2 is 1.86 bits per heavy atom. The second-order valence-corrected chi connectivity index (χ2v) is 6.55. The van der Waals surface area contributed by atoms with Crippen molar-refractivity contribution in [2.45, 2.75) is 6.42 Å². The number of amides is 1. The van der Waals surface area contributed by atoms with Gasteiger partial charge in [0.2, 0.25) is 11.8 Å². The number of imidazole rings is 1. The molecule has 2 heterocycles. The zero-order chi connectivity index (χ0) is 20.1. The smallest absolute Gasteiger partial charge is 0.238 e. The lowest BCUT2D eigenvalue weighted by atomic mass is 10.1. The summed E-state index contributed by atoms with van der Waals surface area (Å²) in [6, 6.07) is 17.8. The minimum atomic E-state index is -0.146. The van der Waals surface area contributed by atoms with Gasteiger partial charge in [-0.3, -0.25) is 9.36 Å². The summed E-state index contributed by atoms with van der Waals surface area (Å²) < 4.78 is 7.44. The molecule has 1 N–H and O–H groups in total. The van der Waals surface area contributed by atoms with E-state index in [-0.39, 0.29) is 12.3 Å². The zero-order valence-corrected chi connectivity index (χ0v) is 16.0. The monoisotopic (exact) mass is 405 g/mol. The second kappa shape index (κ2) is 8.53. The molecule has 0 fully saturated rings. The summed E-state index contributed by atoms with van der Waals surface area (Å²) in [7, 11) is 0. The van der Waals surface area contributed by atoms with Gasteiger partial charge >= 0.3 is 0 Å². The number of nitrogens with zero attached hydrogens (tertiary/aromatic N) is 4.